The first-order valence-corrected chi connectivity index (χ1v) is 9.15. The average molecular weight is 416 g/mol. The van der Waals surface area contributed by atoms with Gasteiger partial charge in [-0.25, -0.2) is 4.79 Å². The van der Waals surface area contributed by atoms with Crippen molar-refractivity contribution in [3.63, 3.8) is 0 Å². The molecule has 1 N–H and O–H groups in total. The number of aryl methyl sites for hydroxylation is 1. The number of fused-ring (bicyclic) bond motifs is 1. The molecule has 1 aliphatic heterocycles. The number of nitrogens with one attached hydrogen (secondary N) is 1. The van der Waals surface area contributed by atoms with E-state index < -0.39 is 23.4 Å². The van der Waals surface area contributed by atoms with Crippen LogP contribution in [0, 0.1) is 17.0 Å². The molecule has 0 aliphatic carbocycles. The Morgan fingerprint density at radius 3 is 2.57 bits per heavy atom. The van der Waals surface area contributed by atoms with Crippen LogP contribution in [0.4, 0.5) is 11.4 Å². The molecule has 0 aromatic heterocycles. The number of ether oxygens (including phenoxy) is 4. The summed E-state index contributed by atoms with van der Waals surface area (Å²) >= 11 is 0. The molecule has 1 aliphatic rings. The largest absolute Gasteiger partial charge is 0.489 e. The number of hydrogen-bond acceptors (Lipinski definition) is 8. The lowest BCUT2D eigenvalue weighted by molar-refractivity contribution is -0.384. The van der Waals surface area contributed by atoms with E-state index in [1.54, 1.807) is 18.2 Å². The smallest absolute Gasteiger partial charge is 0.344 e. The fourth-order valence-electron chi connectivity index (χ4n) is 2.67. The Bertz CT molecular complexity index is 960. The first-order valence-electron chi connectivity index (χ1n) is 9.15. The van der Waals surface area contributed by atoms with Crippen molar-refractivity contribution in [2.75, 3.05) is 31.7 Å². The maximum Gasteiger partial charge on any atom is 0.344 e. The molecule has 0 radical (unpaired) electrons. The quantitative estimate of drug-likeness (QED) is 0.415. The number of amides is 1. The zero-order valence-electron chi connectivity index (χ0n) is 16.2. The van der Waals surface area contributed by atoms with Crippen LogP contribution in [0.2, 0.25) is 0 Å². The Labute approximate surface area is 171 Å². The molecule has 2 aromatic carbocycles. The van der Waals surface area contributed by atoms with E-state index in [2.05, 4.69) is 5.32 Å². The second kappa shape index (κ2) is 9.59. The van der Waals surface area contributed by atoms with Crippen LogP contribution < -0.4 is 19.5 Å². The third-order valence-corrected chi connectivity index (χ3v) is 4.05. The summed E-state index contributed by atoms with van der Waals surface area (Å²) in [4.78, 5) is 34.6. The van der Waals surface area contributed by atoms with E-state index >= 15 is 0 Å². The van der Waals surface area contributed by atoms with E-state index in [-0.39, 0.29) is 29.5 Å². The van der Waals surface area contributed by atoms with Crippen molar-refractivity contribution in [2.45, 2.75) is 13.3 Å². The Kier molecular flexibility index (Phi) is 6.68. The van der Waals surface area contributed by atoms with Gasteiger partial charge in [-0.2, -0.15) is 0 Å². The second-order valence-electron chi connectivity index (χ2n) is 6.44. The van der Waals surface area contributed by atoms with Crippen LogP contribution in [0.15, 0.2) is 36.4 Å². The third-order valence-electron chi connectivity index (χ3n) is 4.05. The SMILES string of the molecule is Cc1cccc(OCC(=O)OCC(=O)Nc2cc3c(cc2[N+](=O)[O-])OCCCO3)c1. The van der Waals surface area contributed by atoms with Crippen LogP contribution in [0.1, 0.15) is 12.0 Å². The molecule has 10 heteroatoms. The summed E-state index contributed by atoms with van der Waals surface area (Å²) < 4.78 is 21.1. The van der Waals surface area contributed by atoms with Gasteiger partial charge in [0.15, 0.2) is 24.7 Å². The van der Waals surface area contributed by atoms with Gasteiger partial charge in [0.2, 0.25) is 0 Å². The highest BCUT2D eigenvalue weighted by molar-refractivity contribution is 5.95. The summed E-state index contributed by atoms with van der Waals surface area (Å²) in [7, 11) is 0. The molecule has 1 amide bonds. The minimum atomic E-state index is -0.750. The Hall–Kier alpha value is -3.82. The molecule has 2 aromatic rings. The van der Waals surface area contributed by atoms with Crippen LogP contribution in [0.3, 0.4) is 0 Å². The molecule has 0 atom stereocenters. The van der Waals surface area contributed by atoms with Crippen LogP contribution in [-0.2, 0) is 14.3 Å². The fourth-order valence-corrected chi connectivity index (χ4v) is 2.67. The Morgan fingerprint density at radius 2 is 1.87 bits per heavy atom. The normalized spacial score (nSPS) is 12.4. The lowest BCUT2D eigenvalue weighted by atomic mass is 10.2. The van der Waals surface area contributed by atoms with Gasteiger partial charge in [-0.1, -0.05) is 12.1 Å². The first kappa shape index (κ1) is 20.9. The lowest BCUT2D eigenvalue weighted by Gasteiger charge is -2.11. The van der Waals surface area contributed by atoms with Crippen molar-refractivity contribution in [3.05, 3.63) is 52.1 Å². The number of nitro groups is 1. The van der Waals surface area contributed by atoms with Gasteiger partial charge < -0.3 is 24.3 Å². The molecule has 0 spiro atoms. The zero-order chi connectivity index (χ0) is 21.5. The summed E-state index contributed by atoms with van der Waals surface area (Å²) in [5.74, 6) is -0.468. The highest BCUT2D eigenvalue weighted by atomic mass is 16.6. The minimum absolute atomic E-state index is 0.0821. The van der Waals surface area contributed by atoms with E-state index in [4.69, 9.17) is 18.9 Å². The van der Waals surface area contributed by atoms with Gasteiger partial charge in [0.25, 0.3) is 11.6 Å². The van der Waals surface area contributed by atoms with E-state index in [0.717, 1.165) is 5.56 Å². The standard InChI is InChI=1S/C20H20N2O8/c1-13-4-2-5-14(8-13)29-12-20(24)30-11-19(23)21-15-9-17-18(10-16(15)22(25)26)28-7-3-6-27-17/h2,4-5,8-10H,3,6-7,11-12H2,1H3,(H,21,23). The van der Waals surface area contributed by atoms with Crippen molar-refractivity contribution in [2.24, 2.45) is 0 Å². The van der Waals surface area contributed by atoms with Crippen molar-refractivity contribution in [1.82, 2.24) is 0 Å². The van der Waals surface area contributed by atoms with Crippen molar-refractivity contribution >= 4 is 23.3 Å². The average Bonchev–Trinajstić information content (AvgIpc) is 2.95. The van der Waals surface area contributed by atoms with Gasteiger partial charge >= 0.3 is 5.97 Å². The van der Waals surface area contributed by atoms with Crippen LogP contribution >= 0.6 is 0 Å². The van der Waals surface area contributed by atoms with Gasteiger partial charge in [-0.3, -0.25) is 14.9 Å². The molecule has 158 valence electrons. The monoisotopic (exact) mass is 416 g/mol. The maximum atomic E-state index is 12.1. The third kappa shape index (κ3) is 5.60. The fraction of sp³-hybridized carbons (Fsp3) is 0.300. The van der Waals surface area contributed by atoms with E-state index in [1.165, 1.54) is 12.1 Å². The molecular formula is C20H20N2O8. The highest BCUT2D eigenvalue weighted by Crippen LogP contribution is 2.39. The van der Waals surface area contributed by atoms with E-state index in [1.807, 2.05) is 13.0 Å². The number of carbonyl (C=O) groups is 2. The summed E-state index contributed by atoms with van der Waals surface area (Å²) in [5.41, 5.74) is 0.528. The predicted octanol–water partition coefficient (Wildman–Crippen LogP) is 2.63. The molecule has 0 bridgehead atoms. The van der Waals surface area contributed by atoms with Crippen molar-refractivity contribution < 1.29 is 33.5 Å². The molecule has 0 saturated heterocycles. The van der Waals surface area contributed by atoms with Gasteiger partial charge in [0.1, 0.15) is 11.4 Å². The topological polar surface area (TPSA) is 126 Å². The highest BCUT2D eigenvalue weighted by Gasteiger charge is 2.23. The van der Waals surface area contributed by atoms with Gasteiger partial charge in [-0.05, 0) is 24.6 Å². The number of anilines is 1. The Balaban J connectivity index is 1.57. The predicted molar refractivity (Wildman–Crippen MR) is 105 cm³/mol. The van der Waals surface area contributed by atoms with E-state index in [9.17, 15) is 19.7 Å². The minimum Gasteiger partial charge on any atom is -0.489 e. The van der Waals surface area contributed by atoms with E-state index in [0.29, 0.717) is 25.4 Å². The molecule has 30 heavy (non-hydrogen) atoms. The summed E-state index contributed by atoms with van der Waals surface area (Å²) in [6.45, 7) is 1.64. The number of hydrogen-bond donors (Lipinski definition) is 1. The molecule has 10 nitrogen and oxygen atoms in total. The van der Waals surface area contributed by atoms with Crippen LogP contribution in [0.5, 0.6) is 17.2 Å². The number of carbonyl (C=O) groups excluding carboxylic acids is 2. The van der Waals surface area contributed by atoms with Crippen LogP contribution in [-0.4, -0.2) is 43.2 Å². The van der Waals surface area contributed by atoms with Crippen molar-refractivity contribution in [3.8, 4) is 17.2 Å². The number of rotatable bonds is 7. The molecule has 3 rings (SSSR count). The first-order chi connectivity index (χ1) is 14.4. The van der Waals surface area contributed by atoms with Gasteiger partial charge in [0.05, 0.1) is 24.2 Å². The summed E-state index contributed by atoms with van der Waals surface area (Å²) in [6, 6.07) is 9.62. The molecule has 0 unspecified atom stereocenters. The second-order valence-corrected chi connectivity index (χ2v) is 6.44. The lowest BCUT2D eigenvalue weighted by Crippen LogP contribution is -2.24. The molecule has 1 heterocycles. The molecule has 0 fully saturated rings. The van der Waals surface area contributed by atoms with Gasteiger partial charge in [-0.15, -0.1) is 0 Å². The number of nitrogens with zero attached hydrogens (tertiary/aromatic N) is 1. The number of esters is 1. The van der Waals surface area contributed by atoms with Gasteiger partial charge in [0, 0.05) is 12.5 Å². The zero-order valence-corrected chi connectivity index (χ0v) is 16.2. The Morgan fingerprint density at radius 1 is 1.13 bits per heavy atom. The summed E-state index contributed by atoms with van der Waals surface area (Å²) in [6.07, 6.45) is 0.630. The number of nitro benzene ring substituents is 1. The molecule has 0 saturated carbocycles. The van der Waals surface area contributed by atoms with Crippen LogP contribution in [0.25, 0.3) is 0 Å². The van der Waals surface area contributed by atoms with Crippen molar-refractivity contribution in [1.29, 1.82) is 0 Å². The summed E-state index contributed by atoms with van der Waals surface area (Å²) in [5, 5.41) is 13.7. The molecular weight excluding hydrogens is 396 g/mol. The maximum absolute atomic E-state index is 12.1. The number of benzene rings is 2.